The molecule has 0 bridgehead atoms. The highest BCUT2D eigenvalue weighted by atomic mass is 35.5. The summed E-state index contributed by atoms with van der Waals surface area (Å²) < 4.78 is -0.0846. The fourth-order valence-corrected chi connectivity index (χ4v) is 1.94. The molecule has 20 heavy (non-hydrogen) atoms. The minimum Gasteiger partial charge on any atom is -0.494 e. The molecule has 1 aromatic carbocycles. The molecule has 0 saturated heterocycles. The number of hydrogen-bond donors (Lipinski definition) is 4. The molecule has 104 valence electrons. The first-order valence-electron chi connectivity index (χ1n) is 5.20. The molecule has 1 amide bonds. The lowest BCUT2D eigenvalue weighted by Crippen LogP contribution is -2.24. The number of carbonyl (C=O) groups excluding carboxylic acids is 1. The number of benzene rings is 1. The Bertz CT molecular complexity index is 800. The number of rotatable bonds is 2. The Morgan fingerprint density at radius 1 is 1.25 bits per heavy atom. The van der Waals surface area contributed by atoms with E-state index >= 15 is 0 Å². The Kier molecular flexibility index (Phi) is 4.12. The minimum absolute atomic E-state index is 0.0846. The largest absolute Gasteiger partial charge is 0.494 e. The van der Waals surface area contributed by atoms with E-state index in [-0.39, 0.29) is 9.79 Å². The van der Waals surface area contributed by atoms with Crippen molar-refractivity contribution in [3.63, 3.8) is 0 Å². The van der Waals surface area contributed by atoms with Gasteiger partial charge in [-0.1, -0.05) is 23.2 Å². The Balaban J connectivity index is 2.36. The van der Waals surface area contributed by atoms with Crippen LogP contribution >= 0.6 is 35.4 Å². The SMILES string of the molecule is O=C(Nc1ccc(Cl)c(Cl)c1)c1c(O)[nH]c(=S)[nH]c1=O. The van der Waals surface area contributed by atoms with Gasteiger partial charge in [-0.15, -0.1) is 0 Å². The fourth-order valence-electron chi connectivity index (χ4n) is 1.45. The van der Waals surface area contributed by atoms with Gasteiger partial charge < -0.3 is 15.4 Å². The highest BCUT2D eigenvalue weighted by molar-refractivity contribution is 7.71. The van der Waals surface area contributed by atoms with Crippen molar-refractivity contribution in [2.75, 3.05) is 5.32 Å². The molecule has 0 aliphatic rings. The van der Waals surface area contributed by atoms with Crippen LogP contribution in [0.15, 0.2) is 23.0 Å². The van der Waals surface area contributed by atoms with Crippen molar-refractivity contribution in [2.45, 2.75) is 0 Å². The molecule has 0 fully saturated rings. The molecule has 0 spiro atoms. The van der Waals surface area contributed by atoms with E-state index in [1.165, 1.54) is 18.2 Å². The molecule has 4 N–H and O–H groups in total. The first kappa shape index (κ1) is 14.6. The van der Waals surface area contributed by atoms with Crippen LogP contribution in [0.3, 0.4) is 0 Å². The summed E-state index contributed by atoms with van der Waals surface area (Å²) in [5.41, 5.74) is -0.959. The maximum atomic E-state index is 11.9. The molecule has 0 saturated carbocycles. The van der Waals surface area contributed by atoms with Gasteiger partial charge in [0.2, 0.25) is 5.88 Å². The summed E-state index contributed by atoms with van der Waals surface area (Å²) in [7, 11) is 0. The number of amides is 1. The van der Waals surface area contributed by atoms with Gasteiger partial charge in [0.15, 0.2) is 10.3 Å². The molecular formula is C11H7Cl2N3O3S. The van der Waals surface area contributed by atoms with Gasteiger partial charge in [-0.25, -0.2) is 0 Å². The molecule has 9 heteroatoms. The predicted molar refractivity (Wildman–Crippen MR) is 78.3 cm³/mol. The number of anilines is 1. The summed E-state index contributed by atoms with van der Waals surface area (Å²) in [6, 6.07) is 4.41. The van der Waals surface area contributed by atoms with Crippen LogP contribution in [0.4, 0.5) is 5.69 Å². The van der Waals surface area contributed by atoms with E-state index in [4.69, 9.17) is 23.2 Å². The second kappa shape index (κ2) is 5.66. The van der Waals surface area contributed by atoms with Crippen molar-refractivity contribution < 1.29 is 9.90 Å². The Hall–Kier alpha value is -1.83. The predicted octanol–water partition coefficient (Wildman–Crippen LogP) is 2.70. The van der Waals surface area contributed by atoms with Crippen molar-refractivity contribution in [1.29, 1.82) is 0 Å². The van der Waals surface area contributed by atoms with Crippen LogP contribution in [0, 0.1) is 4.77 Å². The maximum Gasteiger partial charge on any atom is 0.268 e. The molecule has 1 aromatic heterocycles. The summed E-state index contributed by atoms with van der Waals surface area (Å²) in [5.74, 6) is -1.43. The summed E-state index contributed by atoms with van der Waals surface area (Å²) in [6.07, 6.45) is 0. The number of aromatic hydroxyl groups is 1. The van der Waals surface area contributed by atoms with Gasteiger partial charge in [0.25, 0.3) is 11.5 Å². The summed E-state index contributed by atoms with van der Waals surface area (Å²) in [4.78, 5) is 28.0. The van der Waals surface area contributed by atoms with Crippen LogP contribution in [-0.2, 0) is 0 Å². The van der Waals surface area contributed by atoms with E-state index in [9.17, 15) is 14.7 Å². The van der Waals surface area contributed by atoms with Gasteiger partial charge in [0.05, 0.1) is 10.0 Å². The van der Waals surface area contributed by atoms with Gasteiger partial charge in [-0.2, -0.15) is 0 Å². The second-order valence-corrected chi connectivity index (χ2v) is 4.94. The summed E-state index contributed by atoms with van der Waals surface area (Å²) in [6.45, 7) is 0. The third-order valence-corrected chi connectivity index (χ3v) is 3.27. The van der Waals surface area contributed by atoms with Crippen molar-refractivity contribution in [3.8, 4) is 5.88 Å². The van der Waals surface area contributed by atoms with E-state index in [0.29, 0.717) is 10.7 Å². The molecule has 2 aromatic rings. The van der Waals surface area contributed by atoms with Gasteiger partial charge >= 0.3 is 0 Å². The number of nitrogens with one attached hydrogen (secondary N) is 3. The number of carbonyl (C=O) groups is 1. The molecule has 2 rings (SSSR count). The topological polar surface area (TPSA) is 98.0 Å². The van der Waals surface area contributed by atoms with Crippen molar-refractivity contribution in [3.05, 3.63) is 48.9 Å². The highest BCUT2D eigenvalue weighted by Gasteiger charge is 2.17. The van der Waals surface area contributed by atoms with Crippen molar-refractivity contribution >= 4 is 47.0 Å². The summed E-state index contributed by atoms with van der Waals surface area (Å²) >= 11 is 16.2. The lowest BCUT2D eigenvalue weighted by Gasteiger charge is -2.06. The van der Waals surface area contributed by atoms with E-state index in [1.807, 2.05) is 0 Å². The average Bonchev–Trinajstić information content (AvgIpc) is 2.32. The van der Waals surface area contributed by atoms with E-state index in [1.54, 1.807) is 0 Å². The molecule has 0 aliphatic carbocycles. The van der Waals surface area contributed by atoms with Crippen molar-refractivity contribution in [2.24, 2.45) is 0 Å². The van der Waals surface area contributed by atoms with E-state index < -0.39 is 22.9 Å². The number of H-pyrrole nitrogens is 2. The van der Waals surface area contributed by atoms with Crippen LogP contribution in [0.1, 0.15) is 10.4 Å². The maximum absolute atomic E-state index is 11.9. The first-order chi connectivity index (χ1) is 9.38. The second-order valence-electron chi connectivity index (χ2n) is 3.71. The molecule has 6 nitrogen and oxygen atoms in total. The normalized spacial score (nSPS) is 10.3. The zero-order valence-electron chi connectivity index (χ0n) is 9.66. The third-order valence-electron chi connectivity index (χ3n) is 2.33. The lowest BCUT2D eigenvalue weighted by atomic mass is 10.2. The monoisotopic (exact) mass is 331 g/mol. The van der Waals surface area contributed by atoms with Gasteiger partial charge in [-0.3, -0.25) is 14.6 Å². The number of aromatic amines is 2. The van der Waals surface area contributed by atoms with E-state index in [2.05, 4.69) is 27.5 Å². The minimum atomic E-state index is -0.812. The number of hydrogen-bond acceptors (Lipinski definition) is 4. The fraction of sp³-hybridized carbons (Fsp3) is 0. The quantitative estimate of drug-likeness (QED) is 0.636. The van der Waals surface area contributed by atoms with Crippen LogP contribution in [0.5, 0.6) is 5.88 Å². The molecular weight excluding hydrogens is 325 g/mol. The van der Waals surface area contributed by atoms with Crippen molar-refractivity contribution in [1.82, 2.24) is 9.97 Å². The van der Waals surface area contributed by atoms with Gasteiger partial charge in [0.1, 0.15) is 0 Å². The molecule has 0 aliphatic heterocycles. The number of aromatic nitrogens is 2. The summed E-state index contributed by atoms with van der Waals surface area (Å²) in [5, 5.41) is 12.6. The molecule has 0 unspecified atom stereocenters. The smallest absolute Gasteiger partial charge is 0.268 e. The molecule has 0 radical (unpaired) electrons. The van der Waals surface area contributed by atoms with Gasteiger partial charge in [0, 0.05) is 5.69 Å². The Morgan fingerprint density at radius 3 is 2.55 bits per heavy atom. The molecule has 1 heterocycles. The van der Waals surface area contributed by atoms with Crippen LogP contribution < -0.4 is 10.9 Å². The molecule has 0 atom stereocenters. The number of halogens is 2. The standard InChI is InChI=1S/C11H7Cl2N3O3S/c12-5-2-1-4(3-6(5)13)14-8(17)7-9(18)15-11(20)16-10(7)19/h1-3H,(H,14,17)(H3,15,16,18,19,20). The van der Waals surface area contributed by atoms with Crippen LogP contribution in [0.25, 0.3) is 0 Å². The Morgan fingerprint density at radius 2 is 1.95 bits per heavy atom. The Labute approximate surface area is 127 Å². The van der Waals surface area contributed by atoms with Gasteiger partial charge in [-0.05, 0) is 30.4 Å². The highest BCUT2D eigenvalue weighted by Crippen LogP contribution is 2.25. The zero-order valence-corrected chi connectivity index (χ0v) is 12.0. The lowest BCUT2D eigenvalue weighted by molar-refractivity contribution is 0.102. The first-order valence-corrected chi connectivity index (χ1v) is 6.37. The van der Waals surface area contributed by atoms with Crippen LogP contribution in [0.2, 0.25) is 10.0 Å². The zero-order chi connectivity index (χ0) is 14.9. The third kappa shape index (κ3) is 3.01. The van der Waals surface area contributed by atoms with Crippen LogP contribution in [-0.4, -0.2) is 21.0 Å². The average molecular weight is 332 g/mol. The van der Waals surface area contributed by atoms with E-state index in [0.717, 1.165) is 0 Å².